The number of nitrogens with one attached hydrogen (secondary N) is 2. The third-order valence-electron chi connectivity index (χ3n) is 3.57. The second-order valence-corrected chi connectivity index (χ2v) is 5.88. The van der Waals surface area contributed by atoms with Crippen LogP contribution >= 0.6 is 15.9 Å². The smallest absolute Gasteiger partial charge is 0.123 e. The molecule has 4 heteroatoms. The van der Waals surface area contributed by atoms with Crippen molar-refractivity contribution in [2.45, 2.75) is 13.0 Å². The Kier molecular flexibility index (Phi) is 4.36. The van der Waals surface area contributed by atoms with E-state index < -0.39 is 0 Å². The zero-order chi connectivity index (χ0) is 14.7. The van der Waals surface area contributed by atoms with Crippen molar-refractivity contribution in [3.05, 3.63) is 70.1 Å². The minimum atomic E-state index is -0.202. The number of fused-ring (bicyclic) bond motifs is 1. The molecule has 0 saturated heterocycles. The number of benzene rings is 2. The van der Waals surface area contributed by atoms with E-state index in [2.05, 4.69) is 50.6 Å². The normalized spacial score (nSPS) is 11.1. The lowest BCUT2D eigenvalue weighted by atomic mass is 10.1. The number of halogens is 2. The van der Waals surface area contributed by atoms with Gasteiger partial charge in [-0.15, -0.1) is 0 Å². The summed E-state index contributed by atoms with van der Waals surface area (Å²) < 4.78 is 14.1. The fourth-order valence-electron chi connectivity index (χ4n) is 2.46. The molecule has 0 radical (unpaired) electrons. The van der Waals surface area contributed by atoms with Gasteiger partial charge in [0.15, 0.2) is 0 Å². The van der Waals surface area contributed by atoms with Crippen molar-refractivity contribution < 1.29 is 4.39 Å². The maximum Gasteiger partial charge on any atom is 0.123 e. The van der Waals surface area contributed by atoms with Crippen LogP contribution in [0.3, 0.4) is 0 Å². The molecule has 21 heavy (non-hydrogen) atoms. The molecular formula is C17H16BrFN2. The molecule has 0 aliphatic rings. The molecule has 0 atom stereocenters. The monoisotopic (exact) mass is 346 g/mol. The van der Waals surface area contributed by atoms with Crippen LogP contribution in [0, 0.1) is 5.82 Å². The fourth-order valence-corrected chi connectivity index (χ4v) is 2.85. The Morgan fingerprint density at radius 1 is 1.10 bits per heavy atom. The Labute approximate surface area is 131 Å². The molecule has 3 aromatic rings. The van der Waals surface area contributed by atoms with Crippen molar-refractivity contribution in [3.8, 4) is 0 Å². The van der Waals surface area contributed by atoms with Crippen LogP contribution in [-0.4, -0.2) is 11.5 Å². The summed E-state index contributed by atoms with van der Waals surface area (Å²) in [6.45, 7) is 1.51. The quantitative estimate of drug-likeness (QED) is 0.658. The van der Waals surface area contributed by atoms with E-state index in [9.17, 15) is 4.39 Å². The molecule has 2 aromatic carbocycles. The van der Waals surface area contributed by atoms with Gasteiger partial charge in [0, 0.05) is 28.1 Å². The van der Waals surface area contributed by atoms with Crippen LogP contribution in [0.5, 0.6) is 0 Å². The Bertz CT molecular complexity index is 751. The molecule has 1 heterocycles. The third-order valence-corrected chi connectivity index (χ3v) is 4.34. The molecular weight excluding hydrogens is 331 g/mol. The number of aromatic amines is 1. The molecule has 0 bridgehead atoms. The number of para-hydroxylation sites is 1. The van der Waals surface area contributed by atoms with Crippen molar-refractivity contribution in [3.63, 3.8) is 0 Å². The molecule has 0 aliphatic heterocycles. The van der Waals surface area contributed by atoms with E-state index in [1.54, 1.807) is 12.1 Å². The van der Waals surface area contributed by atoms with Crippen LogP contribution in [0.1, 0.15) is 11.1 Å². The third kappa shape index (κ3) is 3.34. The molecule has 0 unspecified atom stereocenters. The predicted octanol–water partition coefficient (Wildman–Crippen LogP) is 4.40. The summed E-state index contributed by atoms with van der Waals surface area (Å²) in [5.74, 6) is -0.202. The van der Waals surface area contributed by atoms with Gasteiger partial charge in [-0.3, -0.25) is 0 Å². The van der Waals surface area contributed by atoms with Gasteiger partial charge in [0.1, 0.15) is 5.82 Å². The highest BCUT2D eigenvalue weighted by Crippen LogP contribution is 2.19. The first kappa shape index (κ1) is 14.3. The number of aromatic nitrogens is 1. The first-order valence-corrected chi connectivity index (χ1v) is 7.73. The van der Waals surface area contributed by atoms with Gasteiger partial charge in [0.05, 0.1) is 0 Å². The van der Waals surface area contributed by atoms with Gasteiger partial charge in [-0.1, -0.05) is 34.1 Å². The summed E-state index contributed by atoms with van der Waals surface area (Å²) in [4.78, 5) is 3.28. The summed E-state index contributed by atoms with van der Waals surface area (Å²) in [7, 11) is 0. The van der Waals surface area contributed by atoms with Gasteiger partial charge < -0.3 is 10.3 Å². The van der Waals surface area contributed by atoms with E-state index in [0.29, 0.717) is 6.54 Å². The first-order valence-electron chi connectivity index (χ1n) is 6.93. The van der Waals surface area contributed by atoms with E-state index in [4.69, 9.17) is 0 Å². The summed E-state index contributed by atoms with van der Waals surface area (Å²) in [6.07, 6.45) is 3.00. The predicted molar refractivity (Wildman–Crippen MR) is 87.8 cm³/mol. The first-order chi connectivity index (χ1) is 10.2. The van der Waals surface area contributed by atoms with Crippen molar-refractivity contribution in [1.82, 2.24) is 10.3 Å². The minimum absolute atomic E-state index is 0.202. The Morgan fingerprint density at radius 3 is 2.86 bits per heavy atom. The molecule has 3 rings (SSSR count). The highest BCUT2D eigenvalue weighted by Gasteiger charge is 2.04. The molecule has 2 nitrogen and oxygen atoms in total. The Hall–Kier alpha value is -1.65. The highest BCUT2D eigenvalue weighted by molar-refractivity contribution is 9.10. The molecule has 0 amide bonds. The Balaban J connectivity index is 1.58. The van der Waals surface area contributed by atoms with Crippen LogP contribution in [0.2, 0.25) is 0 Å². The SMILES string of the molecule is Fc1ccc(Br)c(CNCCc2c[nH]c3ccccc23)c1. The van der Waals surface area contributed by atoms with Crippen molar-refractivity contribution in [2.24, 2.45) is 0 Å². The van der Waals surface area contributed by atoms with Crippen molar-refractivity contribution in [2.75, 3.05) is 6.54 Å². The van der Waals surface area contributed by atoms with Crippen LogP contribution in [0.25, 0.3) is 10.9 Å². The van der Waals surface area contributed by atoms with Gasteiger partial charge in [-0.05, 0) is 48.4 Å². The second-order valence-electron chi connectivity index (χ2n) is 5.02. The number of hydrogen-bond acceptors (Lipinski definition) is 1. The maximum atomic E-state index is 13.2. The fraction of sp³-hybridized carbons (Fsp3) is 0.176. The largest absolute Gasteiger partial charge is 0.361 e. The molecule has 0 saturated carbocycles. The van der Waals surface area contributed by atoms with Gasteiger partial charge in [0.2, 0.25) is 0 Å². The van der Waals surface area contributed by atoms with Crippen LogP contribution in [0.15, 0.2) is 53.1 Å². The molecule has 1 aromatic heterocycles. The van der Waals surface area contributed by atoms with E-state index in [1.807, 2.05) is 6.07 Å². The van der Waals surface area contributed by atoms with E-state index in [1.165, 1.54) is 22.5 Å². The van der Waals surface area contributed by atoms with E-state index in [-0.39, 0.29) is 5.82 Å². The van der Waals surface area contributed by atoms with Gasteiger partial charge in [0.25, 0.3) is 0 Å². The molecule has 0 aliphatic carbocycles. The number of H-pyrrole nitrogens is 1. The average molecular weight is 347 g/mol. The van der Waals surface area contributed by atoms with Crippen LogP contribution in [-0.2, 0) is 13.0 Å². The summed E-state index contributed by atoms with van der Waals surface area (Å²) in [5.41, 5.74) is 3.41. The van der Waals surface area contributed by atoms with E-state index >= 15 is 0 Å². The summed E-state index contributed by atoms with van der Waals surface area (Å²) in [5, 5.41) is 4.63. The zero-order valence-corrected chi connectivity index (χ0v) is 13.1. The zero-order valence-electron chi connectivity index (χ0n) is 11.5. The average Bonchev–Trinajstić information content (AvgIpc) is 2.90. The summed E-state index contributed by atoms with van der Waals surface area (Å²) >= 11 is 3.44. The lowest BCUT2D eigenvalue weighted by molar-refractivity contribution is 0.619. The number of hydrogen-bond donors (Lipinski definition) is 2. The maximum absolute atomic E-state index is 13.2. The lowest BCUT2D eigenvalue weighted by Gasteiger charge is -2.07. The second kappa shape index (κ2) is 6.41. The van der Waals surface area contributed by atoms with Crippen molar-refractivity contribution in [1.29, 1.82) is 0 Å². The molecule has 0 spiro atoms. The molecule has 0 fully saturated rings. The highest BCUT2D eigenvalue weighted by atomic mass is 79.9. The van der Waals surface area contributed by atoms with Crippen molar-refractivity contribution >= 4 is 26.8 Å². The van der Waals surface area contributed by atoms with Crippen LogP contribution in [0.4, 0.5) is 4.39 Å². The van der Waals surface area contributed by atoms with Gasteiger partial charge in [-0.2, -0.15) is 0 Å². The van der Waals surface area contributed by atoms with E-state index in [0.717, 1.165) is 23.0 Å². The van der Waals surface area contributed by atoms with Crippen LogP contribution < -0.4 is 5.32 Å². The number of rotatable bonds is 5. The Morgan fingerprint density at radius 2 is 1.95 bits per heavy atom. The minimum Gasteiger partial charge on any atom is -0.361 e. The summed E-state index contributed by atoms with van der Waals surface area (Å²) in [6, 6.07) is 13.0. The molecule has 108 valence electrons. The molecule has 2 N–H and O–H groups in total. The van der Waals surface area contributed by atoms with Gasteiger partial charge in [-0.25, -0.2) is 4.39 Å². The van der Waals surface area contributed by atoms with Gasteiger partial charge >= 0.3 is 0 Å². The lowest BCUT2D eigenvalue weighted by Crippen LogP contribution is -2.17. The standard InChI is InChI=1S/C17H16BrFN2/c18-16-6-5-14(19)9-13(16)10-20-8-7-12-11-21-17-4-2-1-3-15(12)17/h1-6,9,11,20-21H,7-8,10H2. The topological polar surface area (TPSA) is 27.8 Å².